The number of ether oxygens (including phenoxy) is 1. The van der Waals surface area contributed by atoms with E-state index in [0.29, 0.717) is 25.0 Å². The van der Waals surface area contributed by atoms with Gasteiger partial charge in [0.25, 0.3) is 0 Å². The maximum Gasteiger partial charge on any atom is 0.364 e. The zero-order chi connectivity index (χ0) is 10.8. The molecule has 14 heavy (non-hydrogen) atoms. The summed E-state index contributed by atoms with van der Waals surface area (Å²) in [7, 11) is 0. The van der Waals surface area contributed by atoms with Crippen LogP contribution in [0.1, 0.15) is 33.1 Å². The van der Waals surface area contributed by atoms with E-state index in [-0.39, 0.29) is 0 Å². The summed E-state index contributed by atoms with van der Waals surface area (Å²) in [6, 6.07) is 0. The number of carboxylic acids is 1. The normalized spacial score (nSPS) is 31.4. The first-order valence-electron chi connectivity index (χ1n) is 4.73. The van der Waals surface area contributed by atoms with E-state index in [1.54, 1.807) is 0 Å². The van der Waals surface area contributed by atoms with Gasteiger partial charge in [-0.2, -0.15) is 4.39 Å². The Hall–Kier alpha value is -0.900. The molecule has 1 unspecified atom stereocenters. The fourth-order valence-electron chi connectivity index (χ4n) is 1.58. The number of carbonyl (C=O) groups is 1. The van der Waals surface area contributed by atoms with Crippen molar-refractivity contribution >= 4 is 5.97 Å². The van der Waals surface area contributed by atoms with Crippen LogP contribution >= 0.6 is 0 Å². The zero-order valence-corrected chi connectivity index (χ0v) is 8.47. The summed E-state index contributed by atoms with van der Waals surface area (Å²) in [6.07, 6.45) is 1.51. The van der Waals surface area contributed by atoms with Gasteiger partial charge in [-0.05, 0) is 25.3 Å². The molecule has 1 atom stereocenters. The summed E-state index contributed by atoms with van der Waals surface area (Å²) in [4.78, 5) is 10.4. The highest BCUT2D eigenvalue weighted by molar-refractivity contribution is 5.84. The first kappa shape index (κ1) is 11.2. The van der Waals surface area contributed by atoms with Gasteiger partial charge in [0, 0.05) is 6.42 Å². The number of aliphatic carboxylic acids is 1. The molecule has 0 aromatic carbocycles. The van der Waals surface area contributed by atoms with Crippen molar-refractivity contribution in [1.82, 2.24) is 0 Å². The highest BCUT2D eigenvalue weighted by atomic mass is 19.1. The number of hydrogen-bond acceptors (Lipinski definition) is 2. The van der Waals surface area contributed by atoms with Crippen molar-refractivity contribution in [2.24, 2.45) is 0 Å². The van der Waals surface area contributed by atoms with Crippen molar-refractivity contribution in [2.45, 2.75) is 38.7 Å². The molecule has 0 radical (unpaired) electrons. The minimum Gasteiger partial charge on any atom is -0.476 e. The standard InChI is InChI=1S/C10H15FO3/c1-3-10(2)6-7(4-5-14-10)8(11)9(12)13/h3-6H2,1-2H3,(H,12,13)/b8-7-. The van der Waals surface area contributed by atoms with Gasteiger partial charge in [0.1, 0.15) is 0 Å². The summed E-state index contributed by atoms with van der Waals surface area (Å²) in [5.74, 6) is -2.48. The van der Waals surface area contributed by atoms with E-state index >= 15 is 0 Å². The number of halogens is 1. The van der Waals surface area contributed by atoms with Crippen LogP contribution in [0.5, 0.6) is 0 Å². The lowest BCUT2D eigenvalue weighted by Crippen LogP contribution is -2.33. The summed E-state index contributed by atoms with van der Waals surface area (Å²) in [6.45, 7) is 4.23. The van der Waals surface area contributed by atoms with Crippen LogP contribution in [0.3, 0.4) is 0 Å². The average Bonchev–Trinajstić information content (AvgIpc) is 2.16. The fraction of sp³-hybridized carbons (Fsp3) is 0.700. The van der Waals surface area contributed by atoms with Crippen LogP contribution in [0.2, 0.25) is 0 Å². The number of hydrogen-bond donors (Lipinski definition) is 1. The van der Waals surface area contributed by atoms with Gasteiger partial charge in [0.2, 0.25) is 5.83 Å². The van der Waals surface area contributed by atoms with Crippen LogP contribution < -0.4 is 0 Å². The van der Waals surface area contributed by atoms with Gasteiger partial charge in [-0.25, -0.2) is 4.79 Å². The first-order chi connectivity index (χ1) is 6.48. The van der Waals surface area contributed by atoms with E-state index in [4.69, 9.17) is 9.84 Å². The highest BCUT2D eigenvalue weighted by Crippen LogP contribution is 2.33. The second kappa shape index (κ2) is 4.09. The van der Waals surface area contributed by atoms with E-state index in [2.05, 4.69) is 0 Å². The summed E-state index contributed by atoms with van der Waals surface area (Å²) in [5, 5.41) is 8.50. The molecule has 0 aliphatic carbocycles. The Kier molecular flexibility index (Phi) is 3.26. The lowest BCUT2D eigenvalue weighted by molar-refractivity contribution is -0.134. The third-order valence-electron chi connectivity index (χ3n) is 2.69. The lowest BCUT2D eigenvalue weighted by atomic mass is 9.89. The van der Waals surface area contributed by atoms with Crippen molar-refractivity contribution in [2.75, 3.05) is 6.61 Å². The topological polar surface area (TPSA) is 46.5 Å². The van der Waals surface area contributed by atoms with Crippen LogP contribution in [-0.4, -0.2) is 23.3 Å². The van der Waals surface area contributed by atoms with E-state index in [0.717, 1.165) is 6.42 Å². The van der Waals surface area contributed by atoms with E-state index < -0.39 is 17.4 Å². The van der Waals surface area contributed by atoms with Crippen molar-refractivity contribution in [3.8, 4) is 0 Å². The van der Waals surface area contributed by atoms with Gasteiger partial charge in [-0.3, -0.25) is 0 Å². The van der Waals surface area contributed by atoms with Crippen LogP contribution in [-0.2, 0) is 9.53 Å². The molecule has 1 aliphatic rings. The Labute approximate surface area is 82.6 Å². The van der Waals surface area contributed by atoms with E-state index in [1.807, 2.05) is 13.8 Å². The van der Waals surface area contributed by atoms with Gasteiger partial charge in [0.05, 0.1) is 12.2 Å². The molecule has 1 aliphatic heterocycles. The SMILES string of the molecule is CCC1(C)C/C(=C(\F)C(=O)O)CCO1. The third-order valence-corrected chi connectivity index (χ3v) is 2.69. The van der Waals surface area contributed by atoms with Gasteiger partial charge in [0.15, 0.2) is 0 Å². The summed E-state index contributed by atoms with van der Waals surface area (Å²) < 4.78 is 18.6. The molecule has 1 rings (SSSR count). The highest BCUT2D eigenvalue weighted by Gasteiger charge is 2.31. The molecule has 1 heterocycles. The minimum atomic E-state index is -1.47. The Bertz CT molecular complexity index is 273. The molecule has 0 saturated carbocycles. The van der Waals surface area contributed by atoms with Gasteiger partial charge >= 0.3 is 5.97 Å². The van der Waals surface area contributed by atoms with Gasteiger partial charge < -0.3 is 9.84 Å². The van der Waals surface area contributed by atoms with Crippen molar-refractivity contribution in [3.05, 3.63) is 11.4 Å². The summed E-state index contributed by atoms with van der Waals surface area (Å²) in [5.41, 5.74) is -0.0338. The van der Waals surface area contributed by atoms with Gasteiger partial charge in [-0.1, -0.05) is 6.92 Å². The molecule has 0 aromatic heterocycles. The van der Waals surface area contributed by atoms with Gasteiger partial charge in [-0.15, -0.1) is 0 Å². The molecule has 1 saturated heterocycles. The quantitative estimate of drug-likeness (QED) is 0.699. The molecule has 4 heteroatoms. The average molecular weight is 202 g/mol. The van der Waals surface area contributed by atoms with Crippen molar-refractivity contribution in [3.63, 3.8) is 0 Å². The Morgan fingerprint density at radius 1 is 1.71 bits per heavy atom. The largest absolute Gasteiger partial charge is 0.476 e. The monoisotopic (exact) mass is 202 g/mol. The maximum atomic E-state index is 13.1. The molecule has 1 fully saturated rings. The van der Waals surface area contributed by atoms with Crippen molar-refractivity contribution < 1.29 is 19.0 Å². The van der Waals surface area contributed by atoms with E-state index in [9.17, 15) is 9.18 Å². The predicted octanol–water partition coefficient (Wildman–Crippen LogP) is 2.27. The van der Waals surface area contributed by atoms with Crippen LogP contribution in [0.25, 0.3) is 0 Å². The Morgan fingerprint density at radius 3 is 2.86 bits per heavy atom. The van der Waals surface area contributed by atoms with Crippen LogP contribution in [0.4, 0.5) is 4.39 Å². The Morgan fingerprint density at radius 2 is 2.36 bits per heavy atom. The second-order valence-electron chi connectivity index (χ2n) is 3.80. The molecule has 0 spiro atoms. The smallest absolute Gasteiger partial charge is 0.364 e. The molecule has 80 valence electrons. The second-order valence-corrected chi connectivity index (χ2v) is 3.80. The molecular formula is C10H15FO3. The molecule has 1 N–H and O–H groups in total. The fourth-order valence-corrected chi connectivity index (χ4v) is 1.58. The number of carboxylic acid groups (broad SMARTS) is 1. The lowest BCUT2D eigenvalue weighted by Gasteiger charge is -2.34. The number of rotatable bonds is 2. The van der Waals surface area contributed by atoms with Crippen LogP contribution in [0.15, 0.2) is 11.4 Å². The Balaban J connectivity index is 2.84. The van der Waals surface area contributed by atoms with E-state index in [1.165, 1.54) is 0 Å². The summed E-state index contributed by atoms with van der Waals surface area (Å²) >= 11 is 0. The molecule has 3 nitrogen and oxygen atoms in total. The van der Waals surface area contributed by atoms with Crippen molar-refractivity contribution in [1.29, 1.82) is 0 Å². The minimum absolute atomic E-state index is 0.369. The molecule has 0 bridgehead atoms. The zero-order valence-electron chi connectivity index (χ0n) is 8.47. The molecule has 0 amide bonds. The van der Waals surface area contributed by atoms with Crippen LogP contribution in [0, 0.1) is 0 Å². The first-order valence-corrected chi connectivity index (χ1v) is 4.73. The maximum absolute atomic E-state index is 13.1. The molecule has 0 aromatic rings. The predicted molar refractivity (Wildman–Crippen MR) is 49.7 cm³/mol. The third kappa shape index (κ3) is 2.32. The molecular weight excluding hydrogens is 187 g/mol.